The van der Waals surface area contributed by atoms with Crippen molar-refractivity contribution in [3.8, 4) is 6.07 Å². The minimum atomic E-state index is -0.796. The van der Waals surface area contributed by atoms with Crippen molar-refractivity contribution < 1.29 is 18.7 Å². The molecule has 2 fully saturated rings. The molecule has 1 aliphatic heterocycles. The summed E-state index contributed by atoms with van der Waals surface area (Å²) >= 11 is 0. The van der Waals surface area contributed by atoms with Crippen LogP contribution in [0, 0.1) is 23.1 Å². The normalized spacial score (nSPS) is 25.8. The SMILES string of the molecule is N#C[C@@H]1CCC[C@H]1OC(=O)[C@@H](c1ccccc1F)N1CCOCC1. The third-order valence-corrected chi connectivity index (χ3v) is 4.72. The van der Waals surface area contributed by atoms with E-state index in [4.69, 9.17) is 14.7 Å². The Bertz CT molecular complexity index is 625. The van der Waals surface area contributed by atoms with Gasteiger partial charge in [-0.1, -0.05) is 18.2 Å². The Hall–Kier alpha value is -1.97. The first-order valence-electron chi connectivity index (χ1n) is 8.37. The summed E-state index contributed by atoms with van der Waals surface area (Å²) in [6, 6.07) is 7.69. The lowest BCUT2D eigenvalue weighted by atomic mass is 10.0. The average Bonchev–Trinajstić information content (AvgIpc) is 3.05. The van der Waals surface area contributed by atoms with Crippen LogP contribution in [0.4, 0.5) is 4.39 Å². The summed E-state index contributed by atoms with van der Waals surface area (Å²) in [6.45, 7) is 2.09. The van der Waals surface area contributed by atoms with Gasteiger partial charge in [-0.2, -0.15) is 5.26 Å². The van der Waals surface area contributed by atoms with E-state index in [1.54, 1.807) is 18.2 Å². The molecule has 2 aliphatic rings. The lowest BCUT2D eigenvalue weighted by Crippen LogP contribution is -2.44. The molecule has 0 aromatic heterocycles. The number of nitriles is 1. The van der Waals surface area contributed by atoms with Crippen molar-refractivity contribution in [2.45, 2.75) is 31.4 Å². The summed E-state index contributed by atoms with van der Waals surface area (Å²) < 4.78 is 25.3. The smallest absolute Gasteiger partial charge is 0.328 e. The van der Waals surface area contributed by atoms with Crippen molar-refractivity contribution in [2.75, 3.05) is 26.3 Å². The average molecular weight is 332 g/mol. The number of hydrogen-bond acceptors (Lipinski definition) is 5. The second kappa shape index (κ2) is 7.73. The zero-order valence-electron chi connectivity index (χ0n) is 13.5. The lowest BCUT2D eigenvalue weighted by Gasteiger charge is -2.34. The highest BCUT2D eigenvalue weighted by Crippen LogP contribution is 2.31. The molecule has 0 N–H and O–H groups in total. The van der Waals surface area contributed by atoms with Gasteiger partial charge in [0.15, 0.2) is 0 Å². The van der Waals surface area contributed by atoms with Crippen LogP contribution in [0.2, 0.25) is 0 Å². The maximum atomic E-state index is 14.3. The second-order valence-electron chi connectivity index (χ2n) is 6.21. The number of rotatable bonds is 4. The van der Waals surface area contributed by atoms with E-state index in [9.17, 15) is 9.18 Å². The van der Waals surface area contributed by atoms with Crippen molar-refractivity contribution >= 4 is 5.97 Å². The van der Waals surface area contributed by atoms with Crippen LogP contribution < -0.4 is 0 Å². The number of halogens is 1. The first-order chi connectivity index (χ1) is 11.7. The third-order valence-electron chi connectivity index (χ3n) is 4.72. The zero-order chi connectivity index (χ0) is 16.9. The fourth-order valence-corrected chi connectivity index (χ4v) is 3.43. The molecule has 6 heteroatoms. The van der Waals surface area contributed by atoms with E-state index in [0.717, 1.165) is 12.8 Å². The summed E-state index contributed by atoms with van der Waals surface area (Å²) in [7, 11) is 0. The van der Waals surface area contributed by atoms with Gasteiger partial charge in [-0.3, -0.25) is 4.90 Å². The molecule has 3 atom stereocenters. The number of esters is 1. The maximum absolute atomic E-state index is 14.3. The van der Waals surface area contributed by atoms with Crippen LogP contribution >= 0.6 is 0 Å². The van der Waals surface area contributed by atoms with Crippen LogP contribution in [0.1, 0.15) is 30.9 Å². The Morgan fingerprint density at radius 3 is 2.79 bits per heavy atom. The van der Waals surface area contributed by atoms with Crippen molar-refractivity contribution in [2.24, 2.45) is 5.92 Å². The molecule has 0 spiro atoms. The van der Waals surface area contributed by atoms with Crippen LogP contribution in [0.15, 0.2) is 24.3 Å². The molecule has 1 aromatic carbocycles. The first kappa shape index (κ1) is 16.9. The van der Waals surface area contributed by atoms with E-state index in [1.807, 2.05) is 4.90 Å². The molecule has 0 radical (unpaired) electrons. The summed E-state index contributed by atoms with van der Waals surface area (Å²) in [5, 5.41) is 9.17. The maximum Gasteiger partial charge on any atom is 0.328 e. The van der Waals surface area contributed by atoms with Crippen molar-refractivity contribution in [1.29, 1.82) is 5.26 Å². The quantitative estimate of drug-likeness (QED) is 0.793. The topological polar surface area (TPSA) is 62.6 Å². The van der Waals surface area contributed by atoms with Gasteiger partial charge < -0.3 is 9.47 Å². The first-order valence-corrected chi connectivity index (χ1v) is 8.37. The Labute approximate surface area is 141 Å². The van der Waals surface area contributed by atoms with Crippen LogP contribution in [-0.4, -0.2) is 43.3 Å². The summed E-state index contributed by atoms with van der Waals surface area (Å²) in [6.07, 6.45) is 1.92. The second-order valence-corrected chi connectivity index (χ2v) is 6.21. The molecular formula is C18H21FN2O3. The Balaban J connectivity index is 1.82. The molecule has 0 unspecified atom stereocenters. The van der Waals surface area contributed by atoms with Gasteiger partial charge >= 0.3 is 5.97 Å². The van der Waals surface area contributed by atoms with Crippen LogP contribution in [-0.2, 0) is 14.3 Å². The number of morpholine rings is 1. The molecule has 1 saturated heterocycles. The van der Waals surface area contributed by atoms with Gasteiger partial charge in [0, 0.05) is 18.7 Å². The van der Waals surface area contributed by atoms with Crippen molar-refractivity contribution in [3.05, 3.63) is 35.6 Å². The number of benzene rings is 1. The minimum Gasteiger partial charge on any atom is -0.460 e. The van der Waals surface area contributed by atoms with Crippen LogP contribution in [0.3, 0.4) is 0 Å². The predicted molar refractivity (Wildman–Crippen MR) is 84.4 cm³/mol. The van der Waals surface area contributed by atoms with Gasteiger partial charge in [-0.25, -0.2) is 9.18 Å². The Morgan fingerprint density at radius 2 is 2.08 bits per heavy atom. The minimum absolute atomic E-state index is 0.264. The van der Waals surface area contributed by atoms with Gasteiger partial charge in [0.2, 0.25) is 0 Å². The number of nitrogens with zero attached hydrogens (tertiary/aromatic N) is 2. The fraction of sp³-hybridized carbons (Fsp3) is 0.556. The van der Waals surface area contributed by atoms with Crippen molar-refractivity contribution in [3.63, 3.8) is 0 Å². The van der Waals surface area contributed by atoms with Crippen LogP contribution in [0.5, 0.6) is 0 Å². The van der Waals surface area contributed by atoms with Crippen LogP contribution in [0.25, 0.3) is 0 Å². The fourth-order valence-electron chi connectivity index (χ4n) is 3.43. The lowest BCUT2D eigenvalue weighted by molar-refractivity contribution is -0.158. The Morgan fingerprint density at radius 1 is 1.33 bits per heavy atom. The Kier molecular flexibility index (Phi) is 5.44. The summed E-state index contributed by atoms with van der Waals surface area (Å²) in [5.41, 5.74) is 0.316. The van der Waals surface area contributed by atoms with E-state index in [1.165, 1.54) is 6.07 Å². The molecule has 0 amide bonds. The number of ether oxygens (including phenoxy) is 2. The van der Waals surface area contributed by atoms with Gasteiger partial charge in [-0.05, 0) is 25.3 Å². The summed E-state index contributed by atoms with van der Waals surface area (Å²) in [4.78, 5) is 14.7. The molecule has 5 nitrogen and oxygen atoms in total. The number of carbonyl (C=O) groups is 1. The standard InChI is InChI=1S/C18H21FN2O3/c19-15-6-2-1-5-14(15)17(21-8-10-23-11-9-21)18(22)24-16-7-3-4-13(16)12-20/h1-2,5-6,13,16-17H,3-4,7-11H2/t13-,16+,17+/m0/s1. The highest BCUT2D eigenvalue weighted by molar-refractivity contribution is 5.78. The molecule has 1 aliphatic carbocycles. The van der Waals surface area contributed by atoms with Gasteiger partial charge in [-0.15, -0.1) is 0 Å². The van der Waals surface area contributed by atoms with Gasteiger partial charge in [0.05, 0.1) is 25.2 Å². The van der Waals surface area contributed by atoms with Crippen molar-refractivity contribution in [1.82, 2.24) is 4.90 Å². The zero-order valence-corrected chi connectivity index (χ0v) is 13.5. The van der Waals surface area contributed by atoms with E-state index >= 15 is 0 Å². The predicted octanol–water partition coefficient (Wildman–Crippen LogP) is 2.43. The molecule has 1 aromatic rings. The largest absolute Gasteiger partial charge is 0.460 e. The van der Waals surface area contributed by atoms with E-state index in [2.05, 4.69) is 6.07 Å². The van der Waals surface area contributed by atoms with E-state index in [0.29, 0.717) is 38.3 Å². The number of carbonyl (C=O) groups excluding carboxylic acids is 1. The molecule has 128 valence electrons. The van der Waals surface area contributed by atoms with E-state index in [-0.39, 0.29) is 5.92 Å². The molecular weight excluding hydrogens is 311 g/mol. The van der Waals surface area contributed by atoms with Gasteiger partial charge in [0.25, 0.3) is 0 Å². The third kappa shape index (κ3) is 3.58. The van der Waals surface area contributed by atoms with Gasteiger partial charge in [0.1, 0.15) is 18.0 Å². The summed E-state index contributed by atoms with van der Waals surface area (Å²) in [5.74, 6) is -1.16. The van der Waals surface area contributed by atoms with E-state index < -0.39 is 23.9 Å². The molecule has 24 heavy (non-hydrogen) atoms. The highest BCUT2D eigenvalue weighted by Gasteiger charge is 2.37. The highest BCUT2D eigenvalue weighted by atomic mass is 19.1. The molecule has 1 heterocycles. The molecule has 1 saturated carbocycles. The molecule has 3 rings (SSSR count). The molecule has 0 bridgehead atoms. The monoisotopic (exact) mass is 332 g/mol. The number of hydrogen-bond donors (Lipinski definition) is 0.